The number of halogens is 1. The molecule has 3 rings (SSSR count). The zero-order chi connectivity index (χ0) is 13.9. The molecule has 0 atom stereocenters. The highest BCUT2D eigenvalue weighted by Gasteiger charge is 2.14. The highest BCUT2D eigenvalue weighted by atomic mass is 35.5. The minimum Gasteiger partial charge on any atom is -0.489 e. The van der Waals surface area contributed by atoms with E-state index >= 15 is 0 Å². The number of ether oxygens (including phenoxy) is 1. The number of aryl methyl sites for hydroxylation is 1. The van der Waals surface area contributed by atoms with Gasteiger partial charge in [-0.2, -0.15) is 0 Å². The molecule has 0 saturated carbocycles. The van der Waals surface area contributed by atoms with Gasteiger partial charge in [0.15, 0.2) is 0 Å². The summed E-state index contributed by atoms with van der Waals surface area (Å²) in [7, 11) is 0. The van der Waals surface area contributed by atoms with E-state index in [2.05, 4.69) is 10.3 Å². The maximum absolute atomic E-state index is 11.3. The molecule has 102 valence electrons. The number of rotatable bonds is 3. The van der Waals surface area contributed by atoms with Crippen molar-refractivity contribution in [2.24, 2.45) is 0 Å². The van der Waals surface area contributed by atoms with Gasteiger partial charge in [0, 0.05) is 23.9 Å². The number of anilines is 1. The van der Waals surface area contributed by atoms with Crippen molar-refractivity contribution < 1.29 is 9.53 Å². The Balaban J connectivity index is 1.69. The van der Waals surface area contributed by atoms with E-state index in [-0.39, 0.29) is 5.91 Å². The van der Waals surface area contributed by atoms with Crippen LogP contribution in [0.15, 0.2) is 36.5 Å². The van der Waals surface area contributed by atoms with Crippen molar-refractivity contribution in [1.29, 1.82) is 0 Å². The number of amides is 1. The molecule has 1 aromatic carbocycles. The van der Waals surface area contributed by atoms with Crippen molar-refractivity contribution >= 4 is 23.2 Å². The van der Waals surface area contributed by atoms with Gasteiger partial charge in [-0.15, -0.1) is 0 Å². The molecule has 0 fully saturated rings. The van der Waals surface area contributed by atoms with Gasteiger partial charge >= 0.3 is 0 Å². The van der Waals surface area contributed by atoms with Gasteiger partial charge in [0.05, 0.1) is 0 Å². The lowest BCUT2D eigenvalue weighted by Crippen LogP contribution is -2.18. The van der Waals surface area contributed by atoms with Crippen molar-refractivity contribution in [3.8, 4) is 5.75 Å². The maximum Gasteiger partial charge on any atom is 0.224 e. The van der Waals surface area contributed by atoms with Crippen molar-refractivity contribution in [1.82, 2.24) is 4.98 Å². The number of pyridine rings is 1. The summed E-state index contributed by atoms with van der Waals surface area (Å²) in [4.78, 5) is 15.3. The van der Waals surface area contributed by atoms with Gasteiger partial charge in [0.2, 0.25) is 5.91 Å². The Morgan fingerprint density at radius 1 is 1.25 bits per heavy atom. The molecular formula is C15H13ClN2O2. The molecule has 1 N–H and O–H groups in total. The number of fused-ring (bicyclic) bond motifs is 1. The lowest BCUT2D eigenvalue weighted by Gasteiger charge is -2.17. The van der Waals surface area contributed by atoms with Crippen molar-refractivity contribution in [3.05, 3.63) is 52.8 Å². The van der Waals surface area contributed by atoms with E-state index in [1.165, 1.54) is 0 Å². The van der Waals surface area contributed by atoms with E-state index in [0.29, 0.717) is 18.2 Å². The minimum absolute atomic E-state index is 0.0680. The molecule has 0 saturated heterocycles. The molecule has 1 amide bonds. The highest BCUT2D eigenvalue weighted by molar-refractivity contribution is 6.29. The first kappa shape index (κ1) is 12.9. The van der Waals surface area contributed by atoms with Gasteiger partial charge in [0.1, 0.15) is 17.5 Å². The largest absolute Gasteiger partial charge is 0.489 e. The summed E-state index contributed by atoms with van der Waals surface area (Å²) < 4.78 is 5.73. The summed E-state index contributed by atoms with van der Waals surface area (Å²) in [5, 5.41) is 3.32. The standard InChI is InChI=1S/C15H13ClN2O2/c16-14-5-1-10(8-17-14)9-20-12-3-4-13-11(7-12)2-6-15(19)18-13/h1,3-5,7-8H,2,6,9H2,(H,18,19). The zero-order valence-electron chi connectivity index (χ0n) is 10.7. The Kier molecular flexibility index (Phi) is 3.56. The quantitative estimate of drug-likeness (QED) is 0.883. The van der Waals surface area contributed by atoms with E-state index in [0.717, 1.165) is 29.0 Å². The molecule has 0 aliphatic carbocycles. The Morgan fingerprint density at radius 2 is 2.15 bits per heavy atom. The third-order valence-corrected chi connectivity index (χ3v) is 3.39. The molecule has 2 heterocycles. The van der Waals surface area contributed by atoms with E-state index < -0.39 is 0 Å². The fourth-order valence-electron chi connectivity index (χ4n) is 2.11. The van der Waals surface area contributed by atoms with Gasteiger partial charge in [-0.05, 0) is 36.2 Å². The Morgan fingerprint density at radius 3 is 2.95 bits per heavy atom. The first-order valence-electron chi connectivity index (χ1n) is 6.37. The normalized spacial score (nSPS) is 13.6. The van der Waals surface area contributed by atoms with Crippen molar-refractivity contribution in [2.45, 2.75) is 19.4 Å². The number of nitrogens with zero attached hydrogens (tertiary/aromatic N) is 1. The Bertz CT molecular complexity index is 641. The predicted molar refractivity (Wildman–Crippen MR) is 77.0 cm³/mol. The van der Waals surface area contributed by atoms with Gasteiger partial charge in [-0.3, -0.25) is 4.79 Å². The number of nitrogens with one attached hydrogen (secondary N) is 1. The summed E-state index contributed by atoms with van der Waals surface area (Å²) in [6.07, 6.45) is 2.97. The topological polar surface area (TPSA) is 51.2 Å². The van der Waals surface area contributed by atoms with Gasteiger partial charge in [0.25, 0.3) is 0 Å². The van der Waals surface area contributed by atoms with E-state index in [4.69, 9.17) is 16.3 Å². The Hall–Kier alpha value is -2.07. The summed E-state index contributed by atoms with van der Waals surface area (Å²) in [5.41, 5.74) is 2.94. The number of hydrogen-bond donors (Lipinski definition) is 1. The lowest BCUT2D eigenvalue weighted by atomic mass is 10.0. The molecular weight excluding hydrogens is 276 g/mol. The molecule has 1 aliphatic heterocycles. The second kappa shape index (κ2) is 5.51. The first-order valence-corrected chi connectivity index (χ1v) is 6.74. The molecule has 0 radical (unpaired) electrons. The lowest BCUT2D eigenvalue weighted by molar-refractivity contribution is -0.116. The number of carbonyl (C=O) groups excluding carboxylic acids is 1. The van der Waals surface area contributed by atoms with Crippen LogP contribution in [0.2, 0.25) is 5.15 Å². The molecule has 4 nitrogen and oxygen atoms in total. The van der Waals surface area contributed by atoms with Crippen LogP contribution in [-0.2, 0) is 17.8 Å². The molecule has 2 aromatic rings. The van der Waals surface area contributed by atoms with Gasteiger partial charge in [-0.25, -0.2) is 4.98 Å². The number of aromatic nitrogens is 1. The fraction of sp³-hybridized carbons (Fsp3) is 0.200. The average Bonchev–Trinajstić information content (AvgIpc) is 2.46. The second-order valence-electron chi connectivity index (χ2n) is 4.64. The smallest absolute Gasteiger partial charge is 0.224 e. The van der Waals surface area contributed by atoms with Crippen molar-refractivity contribution in [2.75, 3.05) is 5.32 Å². The zero-order valence-corrected chi connectivity index (χ0v) is 11.5. The van der Waals surface area contributed by atoms with E-state index in [1.807, 2.05) is 24.3 Å². The number of benzene rings is 1. The van der Waals surface area contributed by atoms with Gasteiger partial charge < -0.3 is 10.1 Å². The SMILES string of the molecule is O=C1CCc2cc(OCc3ccc(Cl)nc3)ccc2N1. The van der Waals surface area contributed by atoms with E-state index in [1.54, 1.807) is 12.3 Å². The first-order chi connectivity index (χ1) is 9.70. The monoisotopic (exact) mass is 288 g/mol. The minimum atomic E-state index is 0.0680. The summed E-state index contributed by atoms with van der Waals surface area (Å²) in [6, 6.07) is 9.32. The summed E-state index contributed by atoms with van der Waals surface area (Å²) >= 11 is 5.73. The van der Waals surface area contributed by atoms with Crippen LogP contribution in [0.3, 0.4) is 0 Å². The average molecular weight is 289 g/mol. The predicted octanol–water partition coefficient (Wildman–Crippen LogP) is 3.20. The van der Waals surface area contributed by atoms with Crippen LogP contribution >= 0.6 is 11.6 Å². The van der Waals surface area contributed by atoms with E-state index in [9.17, 15) is 4.79 Å². The van der Waals surface area contributed by atoms with Crippen molar-refractivity contribution in [3.63, 3.8) is 0 Å². The van der Waals surface area contributed by atoms with Crippen LogP contribution < -0.4 is 10.1 Å². The molecule has 1 aliphatic rings. The summed E-state index contributed by atoms with van der Waals surface area (Å²) in [5.74, 6) is 0.855. The van der Waals surface area contributed by atoms with Crippen LogP contribution in [0.1, 0.15) is 17.5 Å². The van der Waals surface area contributed by atoms with Crippen LogP contribution in [0, 0.1) is 0 Å². The Labute approximate surface area is 121 Å². The number of hydrogen-bond acceptors (Lipinski definition) is 3. The summed E-state index contributed by atoms with van der Waals surface area (Å²) in [6.45, 7) is 0.440. The van der Waals surface area contributed by atoms with Gasteiger partial charge in [-0.1, -0.05) is 17.7 Å². The van der Waals surface area contributed by atoms with Crippen LogP contribution in [0.4, 0.5) is 5.69 Å². The third kappa shape index (κ3) is 2.91. The fourth-order valence-corrected chi connectivity index (χ4v) is 2.22. The number of carbonyl (C=O) groups is 1. The highest BCUT2D eigenvalue weighted by Crippen LogP contribution is 2.27. The molecule has 0 unspecified atom stereocenters. The second-order valence-corrected chi connectivity index (χ2v) is 5.03. The van der Waals surface area contributed by atoms with Crippen LogP contribution in [0.25, 0.3) is 0 Å². The maximum atomic E-state index is 11.3. The molecule has 5 heteroatoms. The molecule has 20 heavy (non-hydrogen) atoms. The van der Waals surface area contributed by atoms with Crippen LogP contribution in [-0.4, -0.2) is 10.9 Å². The van der Waals surface area contributed by atoms with Crippen LogP contribution in [0.5, 0.6) is 5.75 Å². The molecule has 1 aromatic heterocycles. The molecule has 0 spiro atoms. The third-order valence-electron chi connectivity index (χ3n) is 3.17. The molecule has 0 bridgehead atoms.